The highest BCUT2D eigenvalue weighted by Gasteiger charge is 2.54. The molecule has 0 aromatic heterocycles. The minimum absolute atomic E-state index is 0.0759. The van der Waals surface area contributed by atoms with Crippen molar-refractivity contribution in [3.63, 3.8) is 0 Å². The van der Waals surface area contributed by atoms with E-state index in [1.54, 1.807) is 0 Å². The van der Waals surface area contributed by atoms with Crippen LogP contribution in [0.1, 0.15) is 65.2 Å². The number of rotatable bonds is 6. The number of hydrogen-bond donors (Lipinski definition) is 3. The van der Waals surface area contributed by atoms with Gasteiger partial charge in [-0.1, -0.05) is 18.2 Å². The molecule has 2 aromatic carbocycles. The second-order valence-corrected chi connectivity index (χ2v) is 9.82. The predicted molar refractivity (Wildman–Crippen MR) is 122 cm³/mol. The van der Waals surface area contributed by atoms with Crippen molar-refractivity contribution in [3.05, 3.63) is 70.5 Å². The van der Waals surface area contributed by atoms with Crippen LogP contribution in [0.5, 0.6) is 0 Å². The van der Waals surface area contributed by atoms with Gasteiger partial charge in [-0.2, -0.15) is 26.3 Å². The van der Waals surface area contributed by atoms with Crippen LogP contribution in [0, 0.1) is 11.7 Å². The molecule has 3 N–H and O–H groups in total. The number of nitrogens with one attached hydrogen (secondary N) is 1. The minimum atomic E-state index is -5.44. The Morgan fingerprint density at radius 2 is 1.62 bits per heavy atom. The highest BCUT2D eigenvalue weighted by atomic mass is 19.4. The van der Waals surface area contributed by atoms with Crippen LogP contribution in [0.25, 0.3) is 0 Å². The maximum absolute atomic E-state index is 14.7. The highest BCUT2D eigenvalue weighted by molar-refractivity contribution is 5.98. The second-order valence-electron chi connectivity index (χ2n) is 9.82. The molecule has 2 atom stereocenters. The van der Waals surface area contributed by atoms with E-state index in [4.69, 9.17) is 0 Å². The summed E-state index contributed by atoms with van der Waals surface area (Å²) in [4.78, 5) is 27.7. The summed E-state index contributed by atoms with van der Waals surface area (Å²) in [6.07, 6.45) is -7.76. The van der Waals surface area contributed by atoms with Crippen LogP contribution in [0.15, 0.2) is 42.5 Å². The summed E-state index contributed by atoms with van der Waals surface area (Å²) in [6.45, 7) is 0.0759. The first-order valence-corrected chi connectivity index (χ1v) is 12.2. The van der Waals surface area contributed by atoms with Crippen molar-refractivity contribution < 1.29 is 50.5 Å². The van der Waals surface area contributed by atoms with Gasteiger partial charge in [0.25, 0.3) is 11.7 Å². The van der Waals surface area contributed by atoms with E-state index in [2.05, 4.69) is 5.32 Å². The Hall–Kier alpha value is -3.19. The number of alkyl halides is 6. The molecule has 6 nitrogen and oxygen atoms in total. The van der Waals surface area contributed by atoms with Gasteiger partial charge in [0.2, 0.25) is 5.91 Å². The number of benzene rings is 2. The van der Waals surface area contributed by atoms with Crippen molar-refractivity contribution in [2.24, 2.45) is 5.92 Å². The summed E-state index contributed by atoms with van der Waals surface area (Å²) >= 11 is 0. The number of piperidine rings is 1. The molecular weight excluding hydrogens is 537 g/mol. The van der Waals surface area contributed by atoms with Crippen molar-refractivity contribution in [2.75, 3.05) is 6.54 Å². The summed E-state index contributed by atoms with van der Waals surface area (Å²) in [6, 6.07) is 3.76. The quantitative estimate of drug-likeness (QED) is 0.349. The summed E-state index contributed by atoms with van der Waals surface area (Å²) in [7, 11) is 0. The second kappa shape index (κ2) is 10.4. The van der Waals surface area contributed by atoms with Gasteiger partial charge in [0.05, 0.1) is 11.6 Å². The van der Waals surface area contributed by atoms with Crippen LogP contribution >= 0.6 is 0 Å². The van der Waals surface area contributed by atoms with Gasteiger partial charge in [-0.05, 0) is 62.3 Å². The number of carbonyl (C=O) groups is 2. The smallest absolute Gasteiger partial charge is 0.355 e. The zero-order valence-corrected chi connectivity index (χ0v) is 20.3. The van der Waals surface area contributed by atoms with E-state index < -0.39 is 59.0 Å². The van der Waals surface area contributed by atoms with Gasteiger partial charge in [-0.25, -0.2) is 4.39 Å². The SMILES string of the molecule is O=C(N[C@@H](c1ccc(C(F)(F)F)cc1F)C1CC1)[C@H]1CCCCN1C(=O)c1cccc(C(O)(O)C(F)(F)F)c1. The van der Waals surface area contributed by atoms with Crippen LogP contribution in [-0.4, -0.2) is 45.7 Å². The first-order chi connectivity index (χ1) is 18.1. The lowest BCUT2D eigenvalue weighted by Gasteiger charge is -2.36. The molecule has 4 rings (SSSR count). The molecule has 0 spiro atoms. The lowest BCUT2D eigenvalue weighted by atomic mass is 9.96. The van der Waals surface area contributed by atoms with Gasteiger partial charge in [0.1, 0.15) is 11.9 Å². The molecule has 13 heteroatoms. The van der Waals surface area contributed by atoms with E-state index in [0.717, 1.165) is 29.2 Å². The number of carbonyl (C=O) groups excluding carboxylic acids is 2. The molecule has 2 amide bonds. The lowest BCUT2D eigenvalue weighted by molar-refractivity contribution is -0.358. The summed E-state index contributed by atoms with van der Waals surface area (Å²) in [5.41, 5.74) is -2.58. The maximum atomic E-state index is 14.7. The van der Waals surface area contributed by atoms with E-state index >= 15 is 0 Å². The molecule has 1 aliphatic heterocycles. The Labute approximate surface area is 218 Å². The molecular formula is C26H25F7N2O4. The molecule has 2 aliphatic rings. The standard InChI is InChI=1S/C26H25F7N2O4/c27-19-13-17(25(28,29)30)9-10-18(19)21(14-7-8-14)34-22(36)20-6-1-2-11-35(20)23(37)15-4-3-5-16(12-15)24(38,39)26(31,32)33/h3-5,9-10,12-14,20-21,38-39H,1-2,6-8,11H2,(H,34,36)/t20-,21-/m1/s1. The van der Waals surface area contributed by atoms with Crippen LogP contribution in [-0.2, 0) is 16.8 Å². The molecule has 2 aromatic rings. The van der Waals surface area contributed by atoms with Crippen LogP contribution < -0.4 is 5.32 Å². The Kier molecular flexibility index (Phi) is 7.69. The third-order valence-corrected chi connectivity index (χ3v) is 7.03. The third-order valence-electron chi connectivity index (χ3n) is 7.03. The molecule has 0 radical (unpaired) electrons. The fourth-order valence-electron chi connectivity index (χ4n) is 4.73. The zero-order chi connectivity index (χ0) is 28.8. The molecule has 39 heavy (non-hydrogen) atoms. The third kappa shape index (κ3) is 6.03. The van der Waals surface area contributed by atoms with Crippen molar-refractivity contribution in [1.82, 2.24) is 10.2 Å². The van der Waals surface area contributed by atoms with E-state index in [9.17, 15) is 50.5 Å². The Morgan fingerprint density at radius 3 is 2.21 bits per heavy atom. The first-order valence-electron chi connectivity index (χ1n) is 12.2. The van der Waals surface area contributed by atoms with E-state index in [1.807, 2.05) is 0 Å². The van der Waals surface area contributed by atoms with E-state index in [1.165, 1.54) is 6.07 Å². The Balaban J connectivity index is 1.56. The molecule has 1 heterocycles. The molecule has 1 saturated heterocycles. The average molecular weight is 562 g/mol. The maximum Gasteiger partial charge on any atom is 0.447 e. The van der Waals surface area contributed by atoms with Crippen LogP contribution in [0.3, 0.4) is 0 Å². The normalized spacial score (nSPS) is 19.5. The zero-order valence-electron chi connectivity index (χ0n) is 20.3. The number of amides is 2. The van der Waals surface area contributed by atoms with Crippen molar-refractivity contribution in [3.8, 4) is 0 Å². The van der Waals surface area contributed by atoms with Gasteiger partial charge < -0.3 is 20.4 Å². The van der Waals surface area contributed by atoms with Gasteiger partial charge in [0.15, 0.2) is 0 Å². The van der Waals surface area contributed by atoms with Crippen molar-refractivity contribution >= 4 is 11.8 Å². The van der Waals surface area contributed by atoms with Gasteiger partial charge in [0, 0.05) is 23.2 Å². The van der Waals surface area contributed by atoms with E-state index in [-0.39, 0.29) is 30.0 Å². The highest BCUT2D eigenvalue weighted by Crippen LogP contribution is 2.43. The number of likely N-dealkylation sites (tertiary alicyclic amines) is 1. The molecule has 0 bridgehead atoms. The molecule has 2 fully saturated rings. The van der Waals surface area contributed by atoms with Crippen molar-refractivity contribution in [1.29, 1.82) is 0 Å². The van der Waals surface area contributed by atoms with Crippen LogP contribution in [0.2, 0.25) is 0 Å². The predicted octanol–water partition coefficient (Wildman–Crippen LogP) is 4.81. The number of halogens is 7. The topological polar surface area (TPSA) is 89.9 Å². The van der Waals surface area contributed by atoms with Gasteiger partial charge in [-0.15, -0.1) is 0 Å². The minimum Gasteiger partial charge on any atom is -0.355 e. The largest absolute Gasteiger partial charge is 0.447 e. The molecule has 1 saturated carbocycles. The molecule has 1 aliphatic carbocycles. The Morgan fingerprint density at radius 1 is 0.923 bits per heavy atom. The van der Waals surface area contributed by atoms with Gasteiger partial charge >= 0.3 is 12.4 Å². The number of aliphatic hydroxyl groups is 2. The van der Waals surface area contributed by atoms with E-state index in [0.29, 0.717) is 37.8 Å². The number of hydrogen-bond acceptors (Lipinski definition) is 4. The number of nitrogens with zero attached hydrogens (tertiary/aromatic N) is 1. The molecule has 0 unspecified atom stereocenters. The summed E-state index contributed by atoms with van der Waals surface area (Å²) in [5, 5.41) is 21.8. The summed E-state index contributed by atoms with van der Waals surface area (Å²) in [5.74, 6) is -7.04. The monoisotopic (exact) mass is 562 g/mol. The first kappa shape index (κ1) is 28.8. The average Bonchev–Trinajstić information content (AvgIpc) is 3.71. The van der Waals surface area contributed by atoms with Gasteiger partial charge in [-0.3, -0.25) is 9.59 Å². The lowest BCUT2D eigenvalue weighted by Crippen LogP contribution is -2.52. The fourth-order valence-corrected chi connectivity index (χ4v) is 4.73. The fraction of sp³-hybridized carbons (Fsp3) is 0.462. The molecule has 212 valence electrons. The van der Waals surface area contributed by atoms with Crippen LogP contribution in [0.4, 0.5) is 30.7 Å². The Bertz CT molecular complexity index is 1240. The summed E-state index contributed by atoms with van der Waals surface area (Å²) < 4.78 is 92.9. The van der Waals surface area contributed by atoms with Crippen molar-refractivity contribution in [2.45, 2.75) is 62.3 Å².